The van der Waals surface area contributed by atoms with E-state index in [4.69, 9.17) is 0 Å². The topological polar surface area (TPSA) is 75.3 Å². The largest absolute Gasteiger partial charge is 0.344 e. The van der Waals surface area contributed by atoms with Gasteiger partial charge in [0.25, 0.3) is 0 Å². The minimum absolute atomic E-state index is 0.0290. The van der Waals surface area contributed by atoms with Crippen LogP contribution < -0.4 is 10.6 Å². The summed E-state index contributed by atoms with van der Waals surface area (Å²) < 4.78 is 0. The quantitative estimate of drug-likeness (QED) is 0.836. The van der Waals surface area contributed by atoms with Crippen molar-refractivity contribution in [3.05, 3.63) is 29.8 Å². The van der Waals surface area contributed by atoms with E-state index in [0.29, 0.717) is 11.3 Å². The molecule has 0 saturated carbocycles. The SMILES string of the molecule is CC(=O)c1ccc(NC(=O)[C@H](C)NC(=O)C(C)(C)C)cc1. The standard InChI is InChI=1S/C16H22N2O3/c1-10(17-15(21)16(3,4)5)14(20)18-13-8-6-12(7-9-13)11(2)19/h6-10H,1-5H3,(H,17,21)(H,18,20)/t10-/m0/s1. The molecule has 0 aromatic heterocycles. The lowest BCUT2D eigenvalue weighted by Crippen LogP contribution is -2.46. The minimum Gasteiger partial charge on any atom is -0.344 e. The van der Waals surface area contributed by atoms with Crippen molar-refractivity contribution in [2.45, 2.75) is 40.7 Å². The molecule has 2 amide bonds. The fraction of sp³-hybridized carbons (Fsp3) is 0.438. The third-order valence-corrected chi connectivity index (χ3v) is 2.98. The molecular formula is C16H22N2O3. The van der Waals surface area contributed by atoms with Gasteiger partial charge in [0.1, 0.15) is 6.04 Å². The molecule has 1 atom stereocenters. The molecule has 0 aliphatic heterocycles. The maximum Gasteiger partial charge on any atom is 0.246 e. The summed E-state index contributed by atoms with van der Waals surface area (Å²) in [6.07, 6.45) is 0. The van der Waals surface area contributed by atoms with E-state index in [1.807, 2.05) is 0 Å². The zero-order chi connectivity index (χ0) is 16.2. The molecular weight excluding hydrogens is 268 g/mol. The number of benzene rings is 1. The predicted molar refractivity (Wildman–Crippen MR) is 82.1 cm³/mol. The van der Waals surface area contributed by atoms with E-state index in [0.717, 1.165) is 0 Å². The van der Waals surface area contributed by atoms with Crippen molar-refractivity contribution in [2.75, 3.05) is 5.32 Å². The van der Waals surface area contributed by atoms with E-state index in [1.165, 1.54) is 6.92 Å². The highest BCUT2D eigenvalue weighted by atomic mass is 16.2. The van der Waals surface area contributed by atoms with Gasteiger partial charge in [-0.05, 0) is 38.1 Å². The summed E-state index contributed by atoms with van der Waals surface area (Å²) in [7, 11) is 0. The lowest BCUT2D eigenvalue weighted by molar-refractivity contribution is -0.131. The van der Waals surface area contributed by atoms with Crippen molar-refractivity contribution >= 4 is 23.3 Å². The molecule has 1 aromatic carbocycles. The molecule has 0 unspecified atom stereocenters. The van der Waals surface area contributed by atoms with E-state index in [1.54, 1.807) is 52.0 Å². The van der Waals surface area contributed by atoms with Crippen LogP contribution in [0.25, 0.3) is 0 Å². The van der Waals surface area contributed by atoms with Gasteiger partial charge < -0.3 is 10.6 Å². The van der Waals surface area contributed by atoms with Crippen LogP contribution in [-0.4, -0.2) is 23.6 Å². The van der Waals surface area contributed by atoms with Gasteiger partial charge in [-0.2, -0.15) is 0 Å². The van der Waals surface area contributed by atoms with Gasteiger partial charge in [-0.1, -0.05) is 20.8 Å². The molecule has 0 fully saturated rings. The number of nitrogens with one attached hydrogen (secondary N) is 2. The Kier molecular flexibility index (Phi) is 5.24. The Hall–Kier alpha value is -2.17. The van der Waals surface area contributed by atoms with Crippen LogP contribution in [0.3, 0.4) is 0 Å². The van der Waals surface area contributed by atoms with Crippen LogP contribution in [0.4, 0.5) is 5.69 Å². The van der Waals surface area contributed by atoms with Crippen LogP contribution in [0.1, 0.15) is 45.0 Å². The van der Waals surface area contributed by atoms with Gasteiger partial charge in [-0.15, -0.1) is 0 Å². The summed E-state index contributed by atoms with van der Waals surface area (Å²) in [5.41, 5.74) is 0.626. The molecule has 5 nitrogen and oxygen atoms in total. The fourth-order valence-electron chi connectivity index (χ4n) is 1.52. The molecule has 0 saturated heterocycles. The summed E-state index contributed by atoms with van der Waals surface area (Å²) in [6, 6.07) is 5.98. The summed E-state index contributed by atoms with van der Waals surface area (Å²) in [6.45, 7) is 8.47. The molecule has 0 heterocycles. The number of carbonyl (C=O) groups is 3. The zero-order valence-electron chi connectivity index (χ0n) is 13.1. The average molecular weight is 290 g/mol. The van der Waals surface area contributed by atoms with Gasteiger partial charge >= 0.3 is 0 Å². The molecule has 0 aliphatic carbocycles. The molecule has 1 aromatic rings. The molecule has 0 radical (unpaired) electrons. The van der Waals surface area contributed by atoms with E-state index >= 15 is 0 Å². The van der Waals surface area contributed by atoms with Crippen molar-refractivity contribution in [3.8, 4) is 0 Å². The number of hydrogen-bond acceptors (Lipinski definition) is 3. The van der Waals surface area contributed by atoms with Crippen molar-refractivity contribution in [3.63, 3.8) is 0 Å². The molecule has 21 heavy (non-hydrogen) atoms. The monoisotopic (exact) mass is 290 g/mol. The van der Waals surface area contributed by atoms with E-state index in [9.17, 15) is 14.4 Å². The number of anilines is 1. The van der Waals surface area contributed by atoms with Crippen LogP contribution in [0.2, 0.25) is 0 Å². The molecule has 114 valence electrons. The highest BCUT2D eigenvalue weighted by molar-refractivity contribution is 5.98. The summed E-state index contributed by atoms with van der Waals surface area (Å²) >= 11 is 0. The van der Waals surface area contributed by atoms with Crippen LogP contribution >= 0.6 is 0 Å². The number of amides is 2. The predicted octanol–water partition coefficient (Wildman–Crippen LogP) is 2.38. The van der Waals surface area contributed by atoms with Gasteiger partial charge in [0, 0.05) is 16.7 Å². The van der Waals surface area contributed by atoms with Crippen LogP contribution in [0.5, 0.6) is 0 Å². The van der Waals surface area contributed by atoms with Gasteiger partial charge in [0.15, 0.2) is 5.78 Å². The second kappa shape index (κ2) is 6.52. The molecule has 0 bridgehead atoms. The third kappa shape index (κ3) is 5.02. The number of rotatable bonds is 4. The third-order valence-electron chi connectivity index (χ3n) is 2.98. The first-order valence-electron chi connectivity index (χ1n) is 6.84. The maximum absolute atomic E-state index is 12.0. The molecule has 0 spiro atoms. The van der Waals surface area contributed by atoms with E-state index in [-0.39, 0.29) is 17.6 Å². The molecule has 0 aliphatic rings. The molecule has 2 N–H and O–H groups in total. The van der Waals surface area contributed by atoms with Crippen molar-refractivity contribution in [2.24, 2.45) is 5.41 Å². The van der Waals surface area contributed by atoms with Crippen molar-refractivity contribution in [1.29, 1.82) is 0 Å². The molecule has 5 heteroatoms. The first-order chi connectivity index (χ1) is 9.61. The van der Waals surface area contributed by atoms with E-state index < -0.39 is 11.5 Å². The number of Topliss-reactive ketones (excluding diaryl/α,β-unsaturated/α-hetero) is 1. The first kappa shape index (κ1) is 16.9. The Bertz CT molecular complexity index is 542. The fourth-order valence-corrected chi connectivity index (χ4v) is 1.52. The van der Waals surface area contributed by atoms with Crippen molar-refractivity contribution < 1.29 is 14.4 Å². The summed E-state index contributed by atoms with van der Waals surface area (Å²) in [5, 5.41) is 5.36. The van der Waals surface area contributed by atoms with Gasteiger partial charge in [0.2, 0.25) is 11.8 Å². The lowest BCUT2D eigenvalue weighted by atomic mass is 9.95. The normalized spacial score (nSPS) is 12.4. The van der Waals surface area contributed by atoms with Gasteiger partial charge in [0.05, 0.1) is 0 Å². The van der Waals surface area contributed by atoms with E-state index in [2.05, 4.69) is 10.6 Å². The first-order valence-corrected chi connectivity index (χ1v) is 6.84. The van der Waals surface area contributed by atoms with Gasteiger partial charge in [-0.25, -0.2) is 0 Å². The van der Waals surface area contributed by atoms with Crippen molar-refractivity contribution in [1.82, 2.24) is 5.32 Å². The highest BCUT2D eigenvalue weighted by Crippen LogP contribution is 2.14. The second-order valence-corrected chi connectivity index (χ2v) is 6.07. The zero-order valence-corrected chi connectivity index (χ0v) is 13.1. The Morgan fingerprint density at radius 2 is 1.57 bits per heavy atom. The lowest BCUT2D eigenvalue weighted by Gasteiger charge is -2.21. The second-order valence-electron chi connectivity index (χ2n) is 6.07. The average Bonchev–Trinajstić information content (AvgIpc) is 2.37. The smallest absolute Gasteiger partial charge is 0.246 e. The summed E-state index contributed by atoms with van der Waals surface area (Å²) in [5.74, 6) is -0.515. The summed E-state index contributed by atoms with van der Waals surface area (Å²) in [4.78, 5) is 35.0. The number of carbonyl (C=O) groups excluding carboxylic acids is 3. The Balaban J connectivity index is 2.64. The highest BCUT2D eigenvalue weighted by Gasteiger charge is 2.25. The Labute approximate surface area is 125 Å². The number of hydrogen-bond donors (Lipinski definition) is 2. The van der Waals surface area contributed by atoms with Crippen LogP contribution in [0, 0.1) is 5.41 Å². The Morgan fingerprint density at radius 3 is 2.00 bits per heavy atom. The minimum atomic E-state index is -0.635. The molecule has 1 rings (SSSR count). The number of ketones is 1. The van der Waals surface area contributed by atoms with Crippen LogP contribution in [-0.2, 0) is 9.59 Å². The van der Waals surface area contributed by atoms with Crippen LogP contribution in [0.15, 0.2) is 24.3 Å². The maximum atomic E-state index is 12.0. The Morgan fingerprint density at radius 1 is 1.05 bits per heavy atom. The van der Waals surface area contributed by atoms with Gasteiger partial charge in [-0.3, -0.25) is 14.4 Å².